The minimum absolute atomic E-state index is 0.210. The van der Waals surface area contributed by atoms with Crippen molar-refractivity contribution < 1.29 is 10.2 Å². The largest absolute Gasteiger partial charge is 0.508 e. The van der Waals surface area contributed by atoms with Gasteiger partial charge in [0.2, 0.25) is 0 Å². The summed E-state index contributed by atoms with van der Waals surface area (Å²) >= 11 is 3.48. The first-order chi connectivity index (χ1) is 6.94. The second-order valence-corrected chi connectivity index (χ2v) is 5.43. The molecule has 15 heavy (non-hydrogen) atoms. The molecule has 2 rings (SSSR count). The summed E-state index contributed by atoms with van der Waals surface area (Å²) in [5, 5.41) is 19.8. The van der Waals surface area contributed by atoms with Gasteiger partial charge in [-0.3, -0.25) is 0 Å². The van der Waals surface area contributed by atoms with E-state index in [2.05, 4.69) is 29.8 Å². The first-order valence-electron chi connectivity index (χ1n) is 5.19. The van der Waals surface area contributed by atoms with Gasteiger partial charge >= 0.3 is 0 Å². The third-order valence-electron chi connectivity index (χ3n) is 2.96. The van der Waals surface area contributed by atoms with Gasteiger partial charge in [-0.2, -0.15) is 0 Å². The highest BCUT2D eigenvalue weighted by atomic mass is 79.9. The highest BCUT2D eigenvalue weighted by Crippen LogP contribution is 2.50. The average Bonchev–Trinajstić information content (AvgIpc) is 2.88. The molecule has 82 valence electrons. The fraction of sp³-hybridized carbons (Fsp3) is 0.500. The second-order valence-electron chi connectivity index (χ2n) is 4.58. The fourth-order valence-corrected chi connectivity index (χ4v) is 2.58. The molecule has 1 aliphatic rings. The Hall–Kier alpha value is -0.540. The van der Waals surface area contributed by atoms with Crippen molar-refractivity contribution in [2.45, 2.75) is 38.2 Å². The van der Waals surface area contributed by atoms with Crippen LogP contribution in [0.3, 0.4) is 0 Å². The first-order valence-corrected chi connectivity index (χ1v) is 5.98. The number of phenolic OH excluding ortho intramolecular Hbond substituents is 1. The lowest BCUT2D eigenvalue weighted by Crippen LogP contribution is -2.05. The number of aliphatic hydroxyl groups is 1. The topological polar surface area (TPSA) is 40.5 Å². The predicted octanol–water partition coefficient (Wildman–Crippen LogP) is 3.26. The smallest absolute Gasteiger partial charge is 0.122 e. The van der Waals surface area contributed by atoms with E-state index in [1.165, 1.54) is 0 Å². The maximum atomic E-state index is 9.95. The lowest BCUT2D eigenvalue weighted by atomic mass is 9.98. The highest BCUT2D eigenvalue weighted by Gasteiger charge is 2.44. The van der Waals surface area contributed by atoms with E-state index < -0.39 is 5.60 Å². The molecule has 1 fully saturated rings. The van der Waals surface area contributed by atoms with Crippen LogP contribution in [0.25, 0.3) is 0 Å². The van der Waals surface area contributed by atoms with Gasteiger partial charge in [0, 0.05) is 10.0 Å². The zero-order valence-corrected chi connectivity index (χ0v) is 10.5. The standard InChI is InChI=1S/C12H15BrO2/c1-7(2)8-5-11(14)9(6-10(8)13)12(15)3-4-12/h5-7,14-15H,3-4H2,1-2H3. The molecule has 0 aromatic heterocycles. The molecule has 2 N–H and O–H groups in total. The molecule has 1 saturated carbocycles. The summed E-state index contributed by atoms with van der Waals surface area (Å²) in [5.74, 6) is 0.565. The van der Waals surface area contributed by atoms with Crippen LogP contribution in [0.5, 0.6) is 5.75 Å². The highest BCUT2D eigenvalue weighted by molar-refractivity contribution is 9.10. The van der Waals surface area contributed by atoms with Gasteiger partial charge in [-0.25, -0.2) is 0 Å². The normalized spacial score (nSPS) is 18.2. The minimum atomic E-state index is -0.776. The second kappa shape index (κ2) is 3.49. The zero-order chi connectivity index (χ0) is 11.2. The molecule has 0 unspecified atom stereocenters. The van der Waals surface area contributed by atoms with Gasteiger partial charge in [0.25, 0.3) is 0 Å². The van der Waals surface area contributed by atoms with Crippen molar-refractivity contribution in [1.29, 1.82) is 0 Å². The molecule has 0 amide bonds. The van der Waals surface area contributed by atoms with E-state index in [4.69, 9.17) is 0 Å². The van der Waals surface area contributed by atoms with Crippen LogP contribution >= 0.6 is 15.9 Å². The van der Waals surface area contributed by atoms with Gasteiger partial charge in [0.1, 0.15) is 5.75 Å². The Bertz CT molecular complexity index is 395. The number of hydrogen-bond acceptors (Lipinski definition) is 2. The van der Waals surface area contributed by atoms with Crippen LogP contribution < -0.4 is 0 Å². The summed E-state index contributed by atoms with van der Waals surface area (Å²) in [4.78, 5) is 0. The summed E-state index contributed by atoms with van der Waals surface area (Å²) in [7, 11) is 0. The lowest BCUT2D eigenvalue weighted by molar-refractivity contribution is 0.147. The van der Waals surface area contributed by atoms with Gasteiger partial charge in [0.15, 0.2) is 0 Å². The summed E-state index contributed by atoms with van der Waals surface area (Å²) in [5.41, 5.74) is 0.946. The van der Waals surface area contributed by atoms with Crippen LogP contribution in [0, 0.1) is 0 Å². The van der Waals surface area contributed by atoms with E-state index in [0.29, 0.717) is 11.5 Å². The quantitative estimate of drug-likeness (QED) is 0.866. The Kier molecular flexibility index (Phi) is 2.55. The molecule has 3 heteroatoms. The van der Waals surface area contributed by atoms with Crippen molar-refractivity contribution in [2.24, 2.45) is 0 Å². The van der Waals surface area contributed by atoms with Crippen LogP contribution in [-0.2, 0) is 5.60 Å². The predicted molar refractivity (Wildman–Crippen MR) is 63.0 cm³/mol. The molecule has 2 nitrogen and oxygen atoms in total. The number of rotatable bonds is 2. The number of hydrogen-bond donors (Lipinski definition) is 2. The van der Waals surface area contributed by atoms with Gasteiger partial charge in [0.05, 0.1) is 5.60 Å². The van der Waals surface area contributed by atoms with Gasteiger partial charge in [-0.05, 0) is 36.5 Å². The SMILES string of the molecule is CC(C)c1cc(O)c(C2(O)CC2)cc1Br. The number of phenols is 1. The van der Waals surface area contributed by atoms with Crippen molar-refractivity contribution in [3.05, 3.63) is 27.7 Å². The molecule has 1 aliphatic carbocycles. The van der Waals surface area contributed by atoms with Crippen molar-refractivity contribution in [3.8, 4) is 5.75 Å². The molecule has 0 radical (unpaired) electrons. The zero-order valence-electron chi connectivity index (χ0n) is 8.92. The van der Waals surface area contributed by atoms with Gasteiger partial charge < -0.3 is 10.2 Å². The summed E-state index contributed by atoms with van der Waals surface area (Å²) < 4.78 is 0.964. The maximum absolute atomic E-state index is 9.95. The Labute approximate surface area is 98.1 Å². The number of aromatic hydroxyl groups is 1. The molecule has 0 spiro atoms. The summed E-state index contributed by atoms with van der Waals surface area (Å²) in [6, 6.07) is 3.60. The molecular weight excluding hydrogens is 256 g/mol. The molecule has 1 aromatic carbocycles. The maximum Gasteiger partial charge on any atom is 0.122 e. The average molecular weight is 271 g/mol. The molecule has 0 atom stereocenters. The van der Waals surface area contributed by atoms with E-state index >= 15 is 0 Å². The van der Waals surface area contributed by atoms with E-state index in [9.17, 15) is 10.2 Å². The Morgan fingerprint density at radius 3 is 2.40 bits per heavy atom. The molecule has 0 bridgehead atoms. The molecule has 0 aliphatic heterocycles. The summed E-state index contributed by atoms with van der Waals surface area (Å²) in [6.45, 7) is 4.15. The monoisotopic (exact) mass is 270 g/mol. The van der Waals surface area contributed by atoms with Crippen LogP contribution in [0.4, 0.5) is 0 Å². The summed E-state index contributed by atoms with van der Waals surface area (Å²) in [6.07, 6.45) is 1.49. The van der Waals surface area contributed by atoms with Crippen LogP contribution in [-0.4, -0.2) is 10.2 Å². The third-order valence-corrected chi connectivity index (χ3v) is 3.65. The number of benzene rings is 1. The van der Waals surface area contributed by atoms with E-state index in [0.717, 1.165) is 22.9 Å². The number of halogens is 1. The lowest BCUT2D eigenvalue weighted by Gasteiger charge is -2.15. The van der Waals surface area contributed by atoms with Crippen molar-refractivity contribution in [2.75, 3.05) is 0 Å². The molecule has 1 aromatic rings. The Balaban J connectivity index is 2.48. The fourth-order valence-electron chi connectivity index (χ4n) is 1.78. The molecule has 0 saturated heterocycles. The van der Waals surface area contributed by atoms with E-state index in [1.807, 2.05) is 6.07 Å². The molecule has 0 heterocycles. The van der Waals surface area contributed by atoms with E-state index in [1.54, 1.807) is 6.07 Å². The van der Waals surface area contributed by atoms with Crippen LogP contribution in [0.15, 0.2) is 16.6 Å². The van der Waals surface area contributed by atoms with Crippen LogP contribution in [0.2, 0.25) is 0 Å². The van der Waals surface area contributed by atoms with Gasteiger partial charge in [-0.15, -0.1) is 0 Å². The van der Waals surface area contributed by atoms with Crippen molar-refractivity contribution >= 4 is 15.9 Å². The van der Waals surface area contributed by atoms with Crippen LogP contribution in [0.1, 0.15) is 43.7 Å². The third kappa shape index (κ3) is 1.91. The Morgan fingerprint density at radius 2 is 1.93 bits per heavy atom. The first kappa shape index (κ1) is 11.0. The van der Waals surface area contributed by atoms with E-state index in [-0.39, 0.29) is 5.75 Å². The van der Waals surface area contributed by atoms with Crippen molar-refractivity contribution in [3.63, 3.8) is 0 Å². The van der Waals surface area contributed by atoms with Crippen molar-refractivity contribution in [1.82, 2.24) is 0 Å². The molecular formula is C12H15BrO2. The van der Waals surface area contributed by atoms with Gasteiger partial charge in [-0.1, -0.05) is 29.8 Å². The minimum Gasteiger partial charge on any atom is -0.508 e. The Morgan fingerprint density at radius 1 is 1.33 bits per heavy atom.